The Hall–Kier alpha value is -1.46. The van der Waals surface area contributed by atoms with Crippen molar-refractivity contribution in [1.82, 2.24) is 0 Å². The highest BCUT2D eigenvalue weighted by Gasteiger charge is 2.27. The zero-order valence-electron chi connectivity index (χ0n) is 11.6. The average Bonchev–Trinajstić information content (AvgIpc) is 2.53. The number of benzene rings is 2. The van der Waals surface area contributed by atoms with Gasteiger partial charge in [-0.05, 0) is 11.1 Å². The van der Waals surface area contributed by atoms with Gasteiger partial charge in [0.05, 0.1) is 16.1 Å². The van der Waals surface area contributed by atoms with E-state index in [-0.39, 0.29) is 17.0 Å². The van der Waals surface area contributed by atoms with Crippen molar-refractivity contribution in [2.24, 2.45) is 0 Å². The highest BCUT2D eigenvalue weighted by atomic mass is 79.9. The van der Waals surface area contributed by atoms with Gasteiger partial charge < -0.3 is 5.11 Å². The lowest BCUT2D eigenvalue weighted by Crippen LogP contribution is -2.21. The quantitative estimate of drug-likeness (QED) is 0.551. The average molecular weight is 426 g/mol. The maximum atomic E-state index is 12.7. The van der Waals surface area contributed by atoms with Crippen LogP contribution < -0.4 is 0 Å². The summed E-state index contributed by atoms with van der Waals surface area (Å²) in [6, 6.07) is 16.4. The Labute approximate surface area is 145 Å². The number of carbonyl (C=O) groups is 2. The van der Waals surface area contributed by atoms with Crippen molar-refractivity contribution in [1.29, 1.82) is 0 Å². The number of hydrogen-bond acceptors (Lipinski definition) is 2. The summed E-state index contributed by atoms with van der Waals surface area (Å²) >= 11 is 6.98. The van der Waals surface area contributed by atoms with Crippen molar-refractivity contribution in [3.63, 3.8) is 0 Å². The molecule has 22 heavy (non-hydrogen) atoms. The van der Waals surface area contributed by atoms with Crippen LogP contribution in [0.4, 0.5) is 0 Å². The molecular weight excluding hydrogens is 412 g/mol. The van der Waals surface area contributed by atoms with Gasteiger partial charge in [0.25, 0.3) is 0 Å². The first-order valence-electron chi connectivity index (χ1n) is 6.67. The number of carboxylic acids is 1. The molecule has 0 aromatic heterocycles. The molecule has 0 spiro atoms. The number of carbonyl (C=O) groups excluding carboxylic acids is 1. The molecule has 0 aliphatic carbocycles. The third kappa shape index (κ3) is 4.05. The van der Waals surface area contributed by atoms with Crippen LogP contribution in [0.5, 0.6) is 0 Å². The number of alkyl halides is 2. The van der Waals surface area contributed by atoms with E-state index in [0.29, 0.717) is 11.1 Å². The van der Waals surface area contributed by atoms with Crippen molar-refractivity contribution < 1.29 is 14.7 Å². The van der Waals surface area contributed by atoms with Gasteiger partial charge in [-0.1, -0.05) is 86.5 Å². The van der Waals surface area contributed by atoms with Gasteiger partial charge >= 0.3 is 5.97 Å². The number of carboxylic acid groups (broad SMARTS) is 1. The highest BCUT2D eigenvalue weighted by molar-refractivity contribution is 9.12. The van der Waals surface area contributed by atoms with E-state index in [9.17, 15) is 9.59 Å². The Morgan fingerprint density at radius 2 is 1.55 bits per heavy atom. The summed E-state index contributed by atoms with van der Waals surface area (Å²) in [5.41, 5.74) is 1.94. The van der Waals surface area contributed by atoms with Crippen molar-refractivity contribution in [2.45, 2.75) is 16.1 Å². The molecule has 5 heteroatoms. The minimum absolute atomic E-state index is 0.137. The van der Waals surface area contributed by atoms with Crippen LogP contribution >= 0.6 is 31.9 Å². The predicted molar refractivity (Wildman–Crippen MR) is 92.9 cm³/mol. The molecule has 2 unspecified atom stereocenters. The van der Waals surface area contributed by atoms with E-state index in [2.05, 4.69) is 31.9 Å². The van der Waals surface area contributed by atoms with E-state index in [0.717, 1.165) is 5.56 Å². The van der Waals surface area contributed by atoms with Crippen molar-refractivity contribution in [2.75, 3.05) is 0 Å². The molecule has 3 nitrogen and oxygen atoms in total. The Morgan fingerprint density at radius 1 is 0.955 bits per heavy atom. The molecule has 0 heterocycles. The molecule has 0 fully saturated rings. The molecule has 0 saturated heterocycles. The van der Waals surface area contributed by atoms with Crippen molar-refractivity contribution in [3.05, 3.63) is 71.3 Å². The smallest absolute Gasteiger partial charge is 0.307 e. The summed E-state index contributed by atoms with van der Waals surface area (Å²) in [6.07, 6.45) is -0.167. The minimum atomic E-state index is -0.954. The number of rotatable bonds is 6. The summed E-state index contributed by atoms with van der Waals surface area (Å²) in [5.74, 6) is -1.09. The first kappa shape index (κ1) is 16.9. The van der Waals surface area contributed by atoms with E-state index in [1.165, 1.54) is 0 Å². The van der Waals surface area contributed by atoms with Crippen molar-refractivity contribution in [3.8, 4) is 0 Å². The van der Waals surface area contributed by atoms with Gasteiger partial charge in [0.1, 0.15) is 0 Å². The standard InChI is InChI=1S/C17H14Br2O3/c18-15(11-6-2-1-3-7-11)16(19)17(22)13-9-5-4-8-12(13)10-14(20)21/h1-9,15-16H,10H2,(H,20,21). The number of aliphatic carboxylic acids is 1. The molecule has 0 aliphatic rings. The first-order valence-corrected chi connectivity index (χ1v) is 8.51. The lowest BCUT2D eigenvalue weighted by atomic mass is 9.97. The monoisotopic (exact) mass is 424 g/mol. The Bertz CT molecular complexity index is 671. The largest absolute Gasteiger partial charge is 0.481 e. The summed E-state index contributed by atoms with van der Waals surface area (Å²) in [7, 11) is 0. The van der Waals surface area contributed by atoms with Gasteiger partial charge in [-0.15, -0.1) is 0 Å². The van der Waals surface area contributed by atoms with E-state index >= 15 is 0 Å². The van der Waals surface area contributed by atoms with Gasteiger partial charge in [-0.2, -0.15) is 0 Å². The lowest BCUT2D eigenvalue weighted by molar-refractivity contribution is -0.136. The van der Waals surface area contributed by atoms with Crippen molar-refractivity contribution >= 4 is 43.6 Å². The molecule has 2 aromatic carbocycles. The third-order valence-electron chi connectivity index (χ3n) is 3.25. The van der Waals surface area contributed by atoms with Gasteiger partial charge in [0.15, 0.2) is 5.78 Å². The Kier molecular flexibility index (Phi) is 5.91. The fourth-order valence-electron chi connectivity index (χ4n) is 2.17. The van der Waals surface area contributed by atoms with Crippen LogP contribution in [-0.4, -0.2) is 21.7 Å². The van der Waals surface area contributed by atoms with Crippen LogP contribution in [0.2, 0.25) is 0 Å². The highest BCUT2D eigenvalue weighted by Crippen LogP contribution is 2.33. The Morgan fingerprint density at radius 3 is 2.18 bits per heavy atom. The van der Waals surface area contributed by atoms with Crippen LogP contribution in [0.3, 0.4) is 0 Å². The van der Waals surface area contributed by atoms with Crippen LogP contribution in [0.25, 0.3) is 0 Å². The normalized spacial score (nSPS) is 13.4. The summed E-state index contributed by atoms with van der Waals surface area (Å²) in [6.45, 7) is 0. The summed E-state index contributed by atoms with van der Waals surface area (Å²) in [5, 5.41) is 8.97. The molecular formula is C17H14Br2O3. The zero-order chi connectivity index (χ0) is 16.1. The third-order valence-corrected chi connectivity index (χ3v) is 5.96. The lowest BCUT2D eigenvalue weighted by Gasteiger charge is -2.17. The van der Waals surface area contributed by atoms with E-state index in [1.54, 1.807) is 24.3 Å². The number of hydrogen-bond donors (Lipinski definition) is 1. The topological polar surface area (TPSA) is 54.4 Å². The van der Waals surface area contributed by atoms with Crippen LogP contribution in [0, 0.1) is 0 Å². The van der Waals surface area contributed by atoms with Gasteiger partial charge in [0.2, 0.25) is 0 Å². The fraction of sp³-hybridized carbons (Fsp3) is 0.176. The molecule has 114 valence electrons. The van der Waals surface area contributed by atoms with E-state index < -0.39 is 10.8 Å². The summed E-state index contributed by atoms with van der Waals surface area (Å²) in [4.78, 5) is 23.0. The maximum absolute atomic E-state index is 12.7. The van der Waals surface area contributed by atoms with E-state index in [1.807, 2.05) is 30.3 Å². The number of ketones is 1. The summed E-state index contributed by atoms with van der Waals surface area (Å²) < 4.78 is 0. The van der Waals surface area contributed by atoms with Gasteiger partial charge in [-0.25, -0.2) is 0 Å². The molecule has 2 aromatic rings. The SMILES string of the molecule is O=C(O)Cc1ccccc1C(=O)C(Br)C(Br)c1ccccc1. The molecule has 2 rings (SSSR count). The van der Waals surface area contributed by atoms with E-state index in [4.69, 9.17) is 5.11 Å². The number of Topliss-reactive ketones (excluding diaryl/α,β-unsaturated/α-hetero) is 1. The zero-order valence-corrected chi connectivity index (χ0v) is 14.7. The number of halogens is 2. The molecule has 1 N–H and O–H groups in total. The molecule has 0 saturated carbocycles. The van der Waals surface area contributed by atoms with Crippen LogP contribution in [0.1, 0.15) is 26.3 Å². The predicted octanol–water partition coefficient (Wildman–Crippen LogP) is 4.40. The molecule has 2 atom stereocenters. The van der Waals surface area contributed by atoms with Gasteiger partial charge in [-0.3, -0.25) is 9.59 Å². The van der Waals surface area contributed by atoms with Crippen LogP contribution in [-0.2, 0) is 11.2 Å². The minimum Gasteiger partial charge on any atom is -0.481 e. The second-order valence-corrected chi connectivity index (χ2v) is 6.78. The van der Waals surface area contributed by atoms with Gasteiger partial charge in [0, 0.05) is 5.56 Å². The molecule has 0 aliphatic heterocycles. The van der Waals surface area contributed by atoms with Crippen LogP contribution in [0.15, 0.2) is 54.6 Å². The Balaban J connectivity index is 2.26. The molecule has 0 amide bonds. The second kappa shape index (κ2) is 7.70. The molecule has 0 radical (unpaired) electrons. The fourth-order valence-corrected chi connectivity index (χ4v) is 3.26. The molecule has 0 bridgehead atoms. The first-order chi connectivity index (χ1) is 10.5. The second-order valence-electron chi connectivity index (χ2n) is 4.81. The maximum Gasteiger partial charge on any atom is 0.307 e.